The minimum Gasteiger partial charge on any atom is -0.480 e. The van der Waals surface area contributed by atoms with Gasteiger partial charge in [0.1, 0.15) is 6.04 Å². The molecule has 0 amide bonds. The number of carboxylic acids is 1. The van der Waals surface area contributed by atoms with Gasteiger partial charge < -0.3 is 10.4 Å². The van der Waals surface area contributed by atoms with Crippen LogP contribution in [0.3, 0.4) is 0 Å². The topological polar surface area (TPSA) is 49.3 Å². The molecule has 2 atom stereocenters. The van der Waals surface area contributed by atoms with Crippen molar-refractivity contribution in [3.8, 4) is 0 Å². The fourth-order valence-corrected chi connectivity index (χ4v) is 2.75. The molecule has 1 aromatic rings. The van der Waals surface area contributed by atoms with Gasteiger partial charge in [0.05, 0.1) is 0 Å². The van der Waals surface area contributed by atoms with Gasteiger partial charge in [-0.05, 0) is 36.8 Å². The average molecular weight is 211 g/mol. The van der Waals surface area contributed by atoms with Crippen LogP contribution in [0.2, 0.25) is 0 Å². The molecule has 0 aliphatic carbocycles. The maximum absolute atomic E-state index is 10.9. The van der Waals surface area contributed by atoms with Crippen molar-refractivity contribution in [1.29, 1.82) is 0 Å². The van der Waals surface area contributed by atoms with Crippen molar-refractivity contribution >= 4 is 17.3 Å². The highest BCUT2D eigenvalue weighted by atomic mass is 32.1. The van der Waals surface area contributed by atoms with Gasteiger partial charge in [-0.1, -0.05) is 6.07 Å². The third-order valence-electron chi connectivity index (χ3n) is 2.66. The normalized spacial score (nSPS) is 26.6. The van der Waals surface area contributed by atoms with Crippen LogP contribution in [0.5, 0.6) is 0 Å². The van der Waals surface area contributed by atoms with E-state index >= 15 is 0 Å². The van der Waals surface area contributed by atoms with Gasteiger partial charge >= 0.3 is 5.97 Å². The molecule has 1 saturated heterocycles. The summed E-state index contributed by atoms with van der Waals surface area (Å²) in [5.74, 6) is -0.463. The molecule has 0 bridgehead atoms. The van der Waals surface area contributed by atoms with Crippen LogP contribution in [0, 0.1) is 5.92 Å². The van der Waals surface area contributed by atoms with Gasteiger partial charge in [-0.3, -0.25) is 4.79 Å². The van der Waals surface area contributed by atoms with Crippen molar-refractivity contribution in [3.05, 3.63) is 22.4 Å². The number of hydrogen-bond acceptors (Lipinski definition) is 3. The standard InChI is InChI=1S/C10H13NO2S/c12-10(13)9-7(3-4-11-9)6-8-2-1-5-14-8/h1-2,5,7,9,11H,3-4,6H2,(H,12,13)/t7?,9-/m0/s1. The monoisotopic (exact) mass is 211 g/mol. The number of hydrogen-bond donors (Lipinski definition) is 2. The molecule has 2 heterocycles. The maximum Gasteiger partial charge on any atom is 0.320 e. The molecule has 2 N–H and O–H groups in total. The van der Waals surface area contributed by atoms with Crippen LogP contribution in [-0.2, 0) is 11.2 Å². The van der Waals surface area contributed by atoms with Crippen LogP contribution in [0.15, 0.2) is 17.5 Å². The number of carbonyl (C=O) groups is 1. The SMILES string of the molecule is O=C(O)[C@H]1NCCC1Cc1cccs1. The third kappa shape index (κ3) is 1.96. The highest BCUT2D eigenvalue weighted by Gasteiger charge is 2.32. The lowest BCUT2D eigenvalue weighted by Gasteiger charge is -2.13. The summed E-state index contributed by atoms with van der Waals surface area (Å²) in [5, 5.41) is 14.0. The predicted octanol–water partition coefficient (Wildman–Crippen LogP) is 1.35. The zero-order chi connectivity index (χ0) is 9.97. The van der Waals surface area contributed by atoms with Crippen LogP contribution in [0.25, 0.3) is 0 Å². The number of aliphatic carboxylic acids is 1. The van der Waals surface area contributed by atoms with Crippen molar-refractivity contribution in [2.45, 2.75) is 18.9 Å². The molecule has 1 aliphatic heterocycles. The van der Waals surface area contributed by atoms with Crippen molar-refractivity contribution in [2.75, 3.05) is 6.54 Å². The lowest BCUT2D eigenvalue weighted by atomic mass is 9.96. The first kappa shape index (κ1) is 9.68. The zero-order valence-electron chi connectivity index (χ0n) is 7.77. The molecule has 1 unspecified atom stereocenters. The first-order valence-corrected chi connectivity index (χ1v) is 5.64. The van der Waals surface area contributed by atoms with Gasteiger partial charge in [0, 0.05) is 4.88 Å². The van der Waals surface area contributed by atoms with E-state index in [0.717, 1.165) is 19.4 Å². The van der Waals surface area contributed by atoms with Crippen molar-refractivity contribution in [2.24, 2.45) is 5.92 Å². The fraction of sp³-hybridized carbons (Fsp3) is 0.500. The van der Waals surface area contributed by atoms with E-state index in [1.807, 2.05) is 11.4 Å². The fourth-order valence-electron chi connectivity index (χ4n) is 1.95. The Morgan fingerprint density at radius 1 is 1.71 bits per heavy atom. The second kappa shape index (κ2) is 4.11. The summed E-state index contributed by atoms with van der Waals surface area (Å²) in [4.78, 5) is 12.2. The van der Waals surface area contributed by atoms with E-state index in [9.17, 15) is 4.79 Å². The van der Waals surface area contributed by atoms with Crippen LogP contribution >= 0.6 is 11.3 Å². The lowest BCUT2D eigenvalue weighted by molar-refractivity contribution is -0.140. The smallest absolute Gasteiger partial charge is 0.320 e. The van der Waals surface area contributed by atoms with Gasteiger partial charge in [-0.15, -0.1) is 11.3 Å². The van der Waals surface area contributed by atoms with Crippen LogP contribution in [-0.4, -0.2) is 23.7 Å². The van der Waals surface area contributed by atoms with E-state index in [-0.39, 0.29) is 12.0 Å². The zero-order valence-corrected chi connectivity index (χ0v) is 8.59. The second-order valence-electron chi connectivity index (χ2n) is 3.60. The first-order valence-electron chi connectivity index (χ1n) is 4.76. The van der Waals surface area contributed by atoms with E-state index in [4.69, 9.17) is 5.11 Å². The average Bonchev–Trinajstić information content (AvgIpc) is 2.75. The van der Waals surface area contributed by atoms with E-state index in [0.29, 0.717) is 0 Å². The Labute approximate surface area is 86.8 Å². The Hall–Kier alpha value is -0.870. The molecule has 3 nitrogen and oxygen atoms in total. The molecule has 0 aromatic carbocycles. The number of nitrogens with one attached hydrogen (secondary N) is 1. The molecule has 1 fully saturated rings. The third-order valence-corrected chi connectivity index (χ3v) is 3.56. The molecule has 4 heteroatoms. The molecular formula is C10H13NO2S. The van der Waals surface area contributed by atoms with Crippen molar-refractivity contribution < 1.29 is 9.90 Å². The largest absolute Gasteiger partial charge is 0.480 e. The summed E-state index contributed by atoms with van der Waals surface area (Å²) in [6.07, 6.45) is 1.86. The molecule has 2 rings (SSSR count). The minimum atomic E-state index is -0.718. The van der Waals surface area contributed by atoms with Gasteiger partial charge in [0.2, 0.25) is 0 Å². The summed E-state index contributed by atoms with van der Waals surface area (Å²) in [6, 6.07) is 3.73. The maximum atomic E-state index is 10.9. The van der Waals surface area contributed by atoms with E-state index < -0.39 is 5.97 Å². The molecule has 0 spiro atoms. The Morgan fingerprint density at radius 3 is 3.21 bits per heavy atom. The summed E-state index contributed by atoms with van der Waals surface area (Å²) in [7, 11) is 0. The van der Waals surface area contributed by atoms with E-state index in [1.54, 1.807) is 11.3 Å². The minimum absolute atomic E-state index is 0.256. The Morgan fingerprint density at radius 2 is 2.57 bits per heavy atom. The summed E-state index contributed by atoms with van der Waals surface area (Å²) >= 11 is 1.70. The molecular weight excluding hydrogens is 198 g/mol. The summed E-state index contributed by atoms with van der Waals surface area (Å²) in [6.45, 7) is 0.826. The lowest BCUT2D eigenvalue weighted by Crippen LogP contribution is -2.36. The quantitative estimate of drug-likeness (QED) is 0.793. The molecule has 14 heavy (non-hydrogen) atoms. The van der Waals surface area contributed by atoms with Crippen LogP contribution < -0.4 is 5.32 Å². The van der Waals surface area contributed by atoms with Gasteiger partial charge in [-0.2, -0.15) is 0 Å². The number of thiophene rings is 1. The summed E-state index contributed by atoms with van der Waals surface area (Å²) in [5.41, 5.74) is 0. The van der Waals surface area contributed by atoms with Gasteiger partial charge in [0.25, 0.3) is 0 Å². The summed E-state index contributed by atoms with van der Waals surface area (Å²) < 4.78 is 0. The highest BCUT2D eigenvalue weighted by molar-refractivity contribution is 7.09. The molecule has 0 saturated carbocycles. The predicted molar refractivity (Wildman–Crippen MR) is 55.6 cm³/mol. The van der Waals surface area contributed by atoms with Gasteiger partial charge in [0.15, 0.2) is 0 Å². The Balaban J connectivity index is 2.00. The van der Waals surface area contributed by atoms with E-state index in [1.165, 1.54) is 4.88 Å². The number of carboxylic acid groups (broad SMARTS) is 1. The Bertz CT molecular complexity index is 310. The second-order valence-corrected chi connectivity index (χ2v) is 4.63. The van der Waals surface area contributed by atoms with Crippen LogP contribution in [0.1, 0.15) is 11.3 Å². The van der Waals surface area contributed by atoms with Crippen LogP contribution in [0.4, 0.5) is 0 Å². The first-order chi connectivity index (χ1) is 6.77. The van der Waals surface area contributed by atoms with Crippen molar-refractivity contribution in [1.82, 2.24) is 5.32 Å². The van der Waals surface area contributed by atoms with Gasteiger partial charge in [-0.25, -0.2) is 0 Å². The molecule has 0 radical (unpaired) electrons. The van der Waals surface area contributed by atoms with E-state index in [2.05, 4.69) is 11.4 Å². The Kier molecular flexibility index (Phi) is 2.84. The highest BCUT2D eigenvalue weighted by Crippen LogP contribution is 2.23. The molecule has 1 aliphatic rings. The molecule has 1 aromatic heterocycles. The number of rotatable bonds is 3. The van der Waals surface area contributed by atoms with Crippen molar-refractivity contribution in [3.63, 3.8) is 0 Å². The molecule has 76 valence electrons.